The predicted octanol–water partition coefficient (Wildman–Crippen LogP) is 4.12. The van der Waals surface area contributed by atoms with E-state index in [1.807, 2.05) is 51.1 Å². The number of halogens is 1. The molecule has 0 radical (unpaired) electrons. The predicted molar refractivity (Wildman–Crippen MR) is 153 cm³/mol. The normalized spacial score (nSPS) is 30.6. The van der Waals surface area contributed by atoms with Gasteiger partial charge in [0.2, 0.25) is 11.8 Å². The molecule has 3 aliphatic rings. The lowest BCUT2D eigenvalue weighted by molar-refractivity contribution is -0.154. The summed E-state index contributed by atoms with van der Waals surface area (Å²) >= 11 is 5.34. The largest absolute Gasteiger partial charge is 0.465 e. The number of ether oxygens (including phenoxy) is 1. The van der Waals surface area contributed by atoms with Gasteiger partial charge in [-0.1, -0.05) is 58.4 Å². The monoisotopic (exact) mass is 604 g/mol. The van der Waals surface area contributed by atoms with E-state index in [1.54, 1.807) is 33.7 Å². The summed E-state index contributed by atoms with van der Waals surface area (Å²) in [4.78, 5) is 45.6. The van der Waals surface area contributed by atoms with Crippen LogP contribution in [0.3, 0.4) is 0 Å². The van der Waals surface area contributed by atoms with Crippen molar-refractivity contribution >= 4 is 45.5 Å². The summed E-state index contributed by atoms with van der Waals surface area (Å²) in [5, 5.41) is 10.4. The molecule has 7 nitrogen and oxygen atoms in total. The number of alkyl halides is 1. The van der Waals surface area contributed by atoms with E-state index in [9.17, 15) is 19.5 Å². The Morgan fingerprint density at radius 1 is 1.29 bits per heavy atom. The van der Waals surface area contributed by atoms with E-state index < -0.39 is 40.2 Å². The Bertz CT molecular complexity index is 1090. The SMILES string of the molecule is C=CCCOC(=O)[C@H]1[C@@H]2SC3(CC2Br)C(C(=O)N(CC=C)C(C)(C)C)N([C@H](CO)c2ccccc2)C(=O)[C@H]13. The summed E-state index contributed by atoms with van der Waals surface area (Å²) in [6.45, 7) is 13.6. The summed E-state index contributed by atoms with van der Waals surface area (Å²) in [5.41, 5.74) is 0.206. The average molecular weight is 606 g/mol. The van der Waals surface area contributed by atoms with Crippen molar-refractivity contribution in [3.05, 3.63) is 61.2 Å². The summed E-state index contributed by atoms with van der Waals surface area (Å²) in [5.74, 6) is -2.30. The first-order valence-electron chi connectivity index (χ1n) is 13.0. The Morgan fingerprint density at radius 2 is 1.97 bits per heavy atom. The number of fused-ring (bicyclic) bond motifs is 1. The lowest BCUT2D eigenvalue weighted by Gasteiger charge is -2.43. The van der Waals surface area contributed by atoms with Crippen molar-refractivity contribution in [2.75, 3.05) is 19.8 Å². The maximum absolute atomic E-state index is 14.6. The molecular weight excluding hydrogens is 568 g/mol. The van der Waals surface area contributed by atoms with Gasteiger partial charge in [-0.25, -0.2) is 0 Å². The van der Waals surface area contributed by atoms with Gasteiger partial charge in [0, 0.05) is 22.2 Å². The molecule has 7 atom stereocenters. The molecule has 1 spiro atoms. The van der Waals surface area contributed by atoms with Gasteiger partial charge in [0.25, 0.3) is 0 Å². The molecule has 3 fully saturated rings. The van der Waals surface area contributed by atoms with Crippen LogP contribution in [0.15, 0.2) is 55.6 Å². The minimum absolute atomic E-state index is 0.0597. The van der Waals surface area contributed by atoms with Crippen molar-refractivity contribution in [2.45, 2.75) is 66.1 Å². The number of likely N-dealkylation sites (tertiary alicyclic amines) is 1. The smallest absolute Gasteiger partial charge is 0.310 e. The van der Waals surface area contributed by atoms with E-state index in [-0.39, 0.29) is 35.1 Å². The first-order chi connectivity index (χ1) is 18.0. The lowest BCUT2D eigenvalue weighted by Crippen LogP contribution is -2.59. The molecule has 206 valence electrons. The fourth-order valence-corrected chi connectivity index (χ4v) is 9.87. The van der Waals surface area contributed by atoms with Crippen LogP contribution in [0, 0.1) is 11.8 Å². The third-order valence-electron chi connectivity index (χ3n) is 7.88. The van der Waals surface area contributed by atoms with Gasteiger partial charge in [0.1, 0.15) is 6.04 Å². The van der Waals surface area contributed by atoms with Crippen molar-refractivity contribution in [1.29, 1.82) is 0 Å². The highest BCUT2D eigenvalue weighted by Gasteiger charge is 2.77. The molecule has 1 aromatic rings. The molecule has 38 heavy (non-hydrogen) atoms. The van der Waals surface area contributed by atoms with Gasteiger partial charge in [-0.3, -0.25) is 14.4 Å². The number of aliphatic hydroxyl groups is 1. The van der Waals surface area contributed by atoms with Crippen molar-refractivity contribution in [3.8, 4) is 0 Å². The number of rotatable bonds is 10. The molecule has 0 aromatic heterocycles. The Balaban J connectivity index is 1.85. The minimum Gasteiger partial charge on any atom is -0.465 e. The number of nitrogens with zero attached hydrogens (tertiary/aromatic N) is 2. The number of aliphatic hydroxyl groups excluding tert-OH is 1. The fraction of sp³-hybridized carbons (Fsp3) is 0.552. The number of thioether (sulfide) groups is 1. The van der Waals surface area contributed by atoms with Gasteiger partial charge >= 0.3 is 5.97 Å². The maximum Gasteiger partial charge on any atom is 0.310 e. The lowest BCUT2D eigenvalue weighted by atomic mass is 9.71. The highest BCUT2D eigenvalue weighted by atomic mass is 79.9. The Morgan fingerprint density at radius 3 is 2.55 bits per heavy atom. The molecule has 3 saturated heterocycles. The zero-order chi connectivity index (χ0) is 27.8. The summed E-state index contributed by atoms with van der Waals surface area (Å²) in [6.07, 6.45) is 4.45. The van der Waals surface area contributed by atoms with Gasteiger partial charge in [0.05, 0.1) is 35.8 Å². The van der Waals surface area contributed by atoms with Crippen molar-refractivity contribution < 1.29 is 24.2 Å². The molecule has 3 unspecified atom stereocenters. The van der Waals surface area contributed by atoms with Gasteiger partial charge in [0.15, 0.2) is 0 Å². The second-order valence-corrected chi connectivity index (χ2v) is 13.9. The quantitative estimate of drug-likeness (QED) is 0.187. The third kappa shape index (κ3) is 4.75. The van der Waals surface area contributed by atoms with Crippen LogP contribution in [0.1, 0.15) is 45.2 Å². The second kappa shape index (κ2) is 11.2. The first-order valence-corrected chi connectivity index (χ1v) is 14.8. The summed E-state index contributed by atoms with van der Waals surface area (Å²) in [7, 11) is 0. The molecule has 2 amide bonds. The van der Waals surface area contributed by atoms with Gasteiger partial charge in [-0.2, -0.15) is 0 Å². The van der Waals surface area contributed by atoms with E-state index >= 15 is 0 Å². The van der Waals surface area contributed by atoms with Crippen LogP contribution in [-0.2, 0) is 19.1 Å². The molecular formula is C29H37BrN2O5S. The number of amides is 2. The van der Waals surface area contributed by atoms with Crippen LogP contribution in [0.2, 0.25) is 0 Å². The number of carbonyl (C=O) groups excluding carboxylic acids is 3. The highest BCUT2D eigenvalue weighted by molar-refractivity contribution is 9.09. The number of benzene rings is 1. The number of hydrogen-bond acceptors (Lipinski definition) is 6. The van der Waals surface area contributed by atoms with Crippen LogP contribution in [-0.4, -0.2) is 78.9 Å². The van der Waals surface area contributed by atoms with Crippen molar-refractivity contribution in [3.63, 3.8) is 0 Å². The molecule has 1 aromatic carbocycles. The van der Waals surface area contributed by atoms with Crippen molar-refractivity contribution in [1.82, 2.24) is 9.80 Å². The molecule has 9 heteroatoms. The maximum atomic E-state index is 14.6. The average Bonchev–Trinajstić information content (AvgIpc) is 3.46. The van der Waals surface area contributed by atoms with Crippen LogP contribution in [0.5, 0.6) is 0 Å². The molecule has 3 aliphatic heterocycles. The summed E-state index contributed by atoms with van der Waals surface area (Å²) < 4.78 is 4.76. The van der Waals surface area contributed by atoms with Gasteiger partial charge in [-0.15, -0.1) is 24.9 Å². The molecule has 0 saturated carbocycles. The fourth-order valence-electron chi connectivity index (χ4n) is 6.29. The van der Waals surface area contributed by atoms with Gasteiger partial charge < -0.3 is 19.6 Å². The molecule has 1 N–H and O–H groups in total. The minimum atomic E-state index is -0.863. The van der Waals surface area contributed by atoms with E-state index in [1.165, 1.54) is 0 Å². The van der Waals surface area contributed by atoms with E-state index in [0.717, 1.165) is 5.56 Å². The number of esters is 1. The Labute approximate surface area is 237 Å². The van der Waals surface area contributed by atoms with Crippen LogP contribution >= 0.6 is 27.7 Å². The van der Waals surface area contributed by atoms with E-state index in [0.29, 0.717) is 19.4 Å². The van der Waals surface area contributed by atoms with E-state index in [4.69, 9.17) is 4.74 Å². The Hall–Kier alpha value is -2.10. The van der Waals surface area contributed by atoms with Crippen LogP contribution < -0.4 is 0 Å². The molecule has 2 bridgehead atoms. The highest BCUT2D eigenvalue weighted by Crippen LogP contribution is 2.68. The Kier molecular flexibility index (Phi) is 8.50. The number of hydrogen-bond donors (Lipinski definition) is 1. The van der Waals surface area contributed by atoms with Gasteiger partial charge in [-0.05, 0) is 39.2 Å². The second-order valence-electron chi connectivity index (χ2n) is 11.2. The molecule has 3 heterocycles. The third-order valence-corrected chi connectivity index (χ3v) is 11.1. The zero-order valence-corrected chi connectivity index (χ0v) is 24.6. The van der Waals surface area contributed by atoms with Crippen molar-refractivity contribution in [2.24, 2.45) is 11.8 Å². The molecule has 0 aliphatic carbocycles. The first kappa shape index (κ1) is 28.9. The standard InChI is InChI=1S/C29H37BrN2O5S/c1-6-8-15-37-27(36)21-22-25(34)32(20(17-33)18-12-10-9-11-13-18)24(29(22)16-19(30)23(21)38-29)26(35)31(14-7-2)28(3,4)5/h6-7,9-13,19-24,33H,1-2,8,14-17H2,3-5H3/t19?,20-,21-,22+,23-,24?,29?/m1/s1. The van der Waals surface area contributed by atoms with Crippen LogP contribution in [0.4, 0.5) is 0 Å². The van der Waals surface area contributed by atoms with E-state index in [2.05, 4.69) is 29.1 Å². The van der Waals surface area contributed by atoms with Crippen LogP contribution in [0.25, 0.3) is 0 Å². The number of carbonyl (C=O) groups is 3. The topological polar surface area (TPSA) is 87.2 Å². The summed E-state index contributed by atoms with van der Waals surface area (Å²) in [6, 6.07) is 7.68. The molecule has 4 rings (SSSR count). The zero-order valence-electron chi connectivity index (χ0n) is 22.2.